The first-order valence-electron chi connectivity index (χ1n) is 5.54. The molecule has 0 aromatic rings. The molecule has 1 aliphatic rings. The first-order chi connectivity index (χ1) is 7.74. The van der Waals surface area contributed by atoms with E-state index in [9.17, 15) is 21.6 Å². The Kier molecular flexibility index (Phi) is 4.79. The molecule has 1 heterocycles. The van der Waals surface area contributed by atoms with E-state index in [2.05, 4.69) is 10.0 Å². The van der Waals surface area contributed by atoms with E-state index in [0.29, 0.717) is 6.42 Å². The van der Waals surface area contributed by atoms with Gasteiger partial charge in [0, 0.05) is 12.6 Å². The fraction of sp³-hybridized carbons (Fsp3) is 1.00. The van der Waals surface area contributed by atoms with E-state index >= 15 is 0 Å². The fourth-order valence-electron chi connectivity index (χ4n) is 1.82. The molecule has 4 nitrogen and oxygen atoms in total. The number of piperidine rings is 1. The largest absolute Gasteiger partial charge is 0.403 e. The molecule has 17 heavy (non-hydrogen) atoms. The third-order valence-corrected chi connectivity index (χ3v) is 4.27. The topological polar surface area (TPSA) is 58.2 Å². The van der Waals surface area contributed by atoms with Crippen LogP contribution in [0, 0.1) is 0 Å². The molecule has 0 amide bonds. The van der Waals surface area contributed by atoms with Gasteiger partial charge in [-0.3, -0.25) is 0 Å². The molecule has 102 valence electrons. The predicted octanol–water partition coefficient (Wildman–Crippen LogP) is 0.999. The van der Waals surface area contributed by atoms with Crippen molar-refractivity contribution >= 4 is 10.0 Å². The monoisotopic (exact) mass is 274 g/mol. The van der Waals surface area contributed by atoms with E-state index in [-0.39, 0.29) is 25.1 Å². The van der Waals surface area contributed by atoms with Gasteiger partial charge < -0.3 is 5.32 Å². The Morgan fingerprint density at radius 1 is 1.35 bits per heavy atom. The summed E-state index contributed by atoms with van der Waals surface area (Å²) in [6.07, 6.45) is -3.66. The van der Waals surface area contributed by atoms with Gasteiger partial charge in [0.25, 0.3) is 0 Å². The third kappa shape index (κ3) is 4.81. The SMILES string of the molecule is CCCS(=O)(=O)NC1CCC(C(F)(F)F)NC1. The predicted molar refractivity (Wildman–Crippen MR) is 58.1 cm³/mol. The van der Waals surface area contributed by atoms with E-state index in [4.69, 9.17) is 0 Å². The molecule has 1 aliphatic heterocycles. The lowest BCUT2D eigenvalue weighted by Gasteiger charge is -2.31. The van der Waals surface area contributed by atoms with Crippen LogP contribution in [0.2, 0.25) is 0 Å². The van der Waals surface area contributed by atoms with Gasteiger partial charge in [-0.1, -0.05) is 6.92 Å². The fourth-order valence-corrected chi connectivity index (χ4v) is 3.18. The molecule has 2 atom stereocenters. The van der Waals surface area contributed by atoms with Crippen molar-refractivity contribution in [1.82, 2.24) is 10.0 Å². The van der Waals surface area contributed by atoms with Gasteiger partial charge in [-0.2, -0.15) is 13.2 Å². The highest BCUT2D eigenvalue weighted by atomic mass is 32.2. The van der Waals surface area contributed by atoms with Gasteiger partial charge in [0.15, 0.2) is 0 Å². The number of nitrogens with one attached hydrogen (secondary N) is 2. The lowest BCUT2D eigenvalue weighted by molar-refractivity contribution is -0.160. The minimum atomic E-state index is -4.26. The molecule has 2 unspecified atom stereocenters. The number of alkyl halides is 3. The van der Waals surface area contributed by atoms with Crippen molar-refractivity contribution in [3.63, 3.8) is 0 Å². The molecule has 8 heteroatoms. The van der Waals surface area contributed by atoms with Crippen molar-refractivity contribution in [1.29, 1.82) is 0 Å². The van der Waals surface area contributed by atoms with Crippen LogP contribution in [0.15, 0.2) is 0 Å². The van der Waals surface area contributed by atoms with Crippen molar-refractivity contribution < 1.29 is 21.6 Å². The standard InChI is InChI=1S/C9H17F3N2O2S/c1-2-5-17(15,16)14-7-3-4-8(13-6-7)9(10,11)12/h7-8,13-14H,2-6H2,1H3. The lowest BCUT2D eigenvalue weighted by Crippen LogP contribution is -2.54. The number of hydrogen-bond donors (Lipinski definition) is 2. The molecule has 0 aromatic carbocycles. The van der Waals surface area contributed by atoms with Crippen molar-refractivity contribution in [2.45, 2.75) is 44.4 Å². The second-order valence-corrected chi connectivity index (χ2v) is 6.09. The van der Waals surface area contributed by atoms with Crippen molar-refractivity contribution in [3.05, 3.63) is 0 Å². The molecule has 2 N–H and O–H groups in total. The zero-order valence-corrected chi connectivity index (χ0v) is 10.4. The summed E-state index contributed by atoms with van der Waals surface area (Å²) in [6.45, 7) is 1.76. The maximum Gasteiger partial charge on any atom is 0.403 e. The van der Waals surface area contributed by atoms with Gasteiger partial charge in [0.05, 0.1) is 5.75 Å². The summed E-state index contributed by atoms with van der Waals surface area (Å²) < 4.78 is 62.2. The first kappa shape index (κ1) is 14.7. The highest BCUT2D eigenvalue weighted by Gasteiger charge is 2.41. The van der Waals surface area contributed by atoms with Crippen LogP contribution in [-0.2, 0) is 10.0 Å². The highest BCUT2D eigenvalue weighted by molar-refractivity contribution is 7.89. The van der Waals surface area contributed by atoms with Gasteiger partial charge >= 0.3 is 6.18 Å². The molecule has 0 saturated carbocycles. The number of hydrogen-bond acceptors (Lipinski definition) is 3. The summed E-state index contributed by atoms with van der Waals surface area (Å²) in [4.78, 5) is 0. The molecular formula is C9H17F3N2O2S. The van der Waals surface area contributed by atoms with E-state index in [1.807, 2.05) is 0 Å². The van der Waals surface area contributed by atoms with E-state index in [1.165, 1.54) is 0 Å². The third-order valence-electron chi connectivity index (χ3n) is 2.63. The van der Waals surface area contributed by atoms with Crippen LogP contribution < -0.4 is 10.0 Å². The maximum atomic E-state index is 12.3. The average molecular weight is 274 g/mol. The van der Waals surface area contributed by atoms with Crippen LogP contribution in [0.5, 0.6) is 0 Å². The number of halogens is 3. The van der Waals surface area contributed by atoms with Crippen LogP contribution in [0.4, 0.5) is 13.2 Å². The Balaban J connectivity index is 2.43. The van der Waals surface area contributed by atoms with Crippen LogP contribution in [0.1, 0.15) is 26.2 Å². The Morgan fingerprint density at radius 3 is 2.41 bits per heavy atom. The van der Waals surface area contributed by atoms with Gasteiger partial charge in [-0.25, -0.2) is 13.1 Å². The van der Waals surface area contributed by atoms with E-state index in [1.54, 1.807) is 6.92 Å². The molecule has 0 spiro atoms. The molecule has 1 fully saturated rings. The summed E-state index contributed by atoms with van der Waals surface area (Å²) >= 11 is 0. The number of rotatable bonds is 4. The van der Waals surface area contributed by atoms with Crippen LogP contribution >= 0.6 is 0 Å². The zero-order chi connectivity index (χ0) is 13.1. The summed E-state index contributed by atoms with van der Waals surface area (Å²) in [5, 5.41) is 2.32. The Hall–Kier alpha value is -0.340. The van der Waals surface area contributed by atoms with Crippen LogP contribution in [-0.4, -0.2) is 39.0 Å². The second-order valence-electron chi connectivity index (χ2n) is 4.21. The van der Waals surface area contributed by atoms with Gasteiger partial charge in [0.1, 0.15) is 6.04 Å². The smallest absolute Gasteiger partial charge is 0.305 e. The van der Waals surface area contributed by atoms with E-state index in [0.717, 1.165) is 0 Å². The first-order valence-corrected chi connectivity index (χ1v) is 7.20. The van der Waals surface area contributed by atoms with Crippen LogP contribution in [0.3, 0.4) is 0 Å². The summed E-state index contributed by atoms with van der Waals surface area (Å²) in [5.74, 6) is 0.00615. The van der Waals surface area contributed by atoms with Crippen LogP contribution in [0.25, 0.3) is 0 Å². The molecule has 0 radical (unpaired) electrons. The maximum absolute atomic E-state index is 12.3. The lowest BCUT2D eigenvalue weighted by atomic mass is 10.0. The van der Waals surface area contributed by atoms with Crippen molar-refractivity contribution in [2.75, 3.05) is 12.3 Å². The highest BCUT2D eigenvalue weighted by Crippen LogP contribution is 2.26. The summed E-state index contributed by atoms with van der Waals surface area (Å²) in [5.41, 5.74) is 0. The summed E-state index contributed by atoms with van der Waals surface area (Å²) in [6, 6.07) is -1.96. The van der Waals surface area contributed by atoms with Gasteiger partial charge in [-0.05, 0) is 19.3 Å². The minimum Gasteiger partial charge on any atom is -0.305 e. The molecule has 0 aromatic heterocycles. The molecule has 0 bridgehead atoms. The molecule has 1 rings (SSSR count). The molecular weight excluding hydrogens is 257 g/mol. The second kappa shape index (κ2) is 5.53. The van der Waals surface area contributed by atoms with Crippen molar-refractivity contribution in [3.8, 4) is 0 Å². The average Bonchev–Trinajstić information content (AvgIpc) is 2.16. The van der Waals surface area contributed by atoms with E-state index < -0.39 is 28.3 Å². The summed E-state index contributed by atoms with van der Waals surface area (Å²) in [7, 11) is -3.36. The zero-order valence-electron chi connectivity index (χ0n) is 9.55. The molecule has 1 saturated heterocycles. The molecule has 0 aliphatic carbocycles. The van der Waals surface area contributed by atoms with Gasteiger partial charge in [-0.15, -0.1) is 0 Å². The normalized spacial score (nSPS) is 27.1. The Bertz CT molecular complexity index is 335. The number of sulfonamides is 1. The van der Waals surface area contributed by atoms with Gasteiger partial charge in [0.2, 0.25) is 10.0 Å². The Labute approximate surface area is 99.0 Å². The minimum absolute atomic E-state index is 0.00615. The Morgan fingerprint density at radius 2 is 2.00 bits per heavy atom. The quantitative estimate of drug-likeness (QED) is 0.804. The van der Waals surface area contributed by atoms with Crippen molar-refractivity contribution in [2.24, 2.45) is 0 Å².